The molecule has 0 radical (unpaired) electrons. The van der Waals surface area contributed by atoms with Crippen molar-refractivity contribution >= 4 is 29.3 Å². The van der Waals surface area contributed by atoms with E-state index in [2.05, 4.69) is 0 Å². The molecular formula is C12H16ClNOS. The molecule has 0 aliphatic carbocycles. The number of benzene rings is 1. The number of carbonyl (C=O) groups is 1. The van der Waals surface area contributed by atoms with Crippen molar-refractivity contribution in [2.45, 2.75) is 6.54 Å². The number of amides is 1. The number of carbonyl (C=O) groups excluding carboxylic acids is 1. The molecule has 16 heavy (non-hydrogen) atoms. The van der Waals surface area contributed by atoms with Gasteiger partial charge in [0, 0.05) is 19.0 Å². The predicted molar refractivity (Wildman–Crippen MR) is 71.0 cm³/mol. The third kappa shape index (κ3) is 4.45. The van der Waals surface area contributed by atoms with E-state index in [1.807, 2.05) is 36.6 Å². The molecule has 0 aromatic heterocycles. The Hall–Kier alpha value is -0.670. The highest BCUT2D eigenvalue weighted by Gasteiger charge is 2.12. The summed E-state index contributed by atoms with van der Waals surface area (Å²) in [5, 5.41) is 0. The smallest absolute Gasteiger partial charge is 0.232 e. The van der Waals surface area contributed by atoms with Crippen molar-refractivity contribution in [3.63, 3.8) is 0 Å². The van der Waals surface area contributed by atoms with Gasteiger partial charge in [0.25, 0.3) is 0 Å². The van der Waals surface area contributed by atoms with Crippen LogP contribution in [0.2, 0.25) is 0 Å². The summed E-state index contributed by atoms with van der Waals surface area (Å²) in [7, 11) is 0. The van der Waals surface area contributed by atoms with Crippen LogP contribution < -0.4 is 0 Å². The summed E-state index contributed by atoms with van der Waals surface area (Å²) >= 11 is 7.25. The van der Waals surface area contributed by atoms with Crippen LogP contribution in [0.15, 0.2) is 30.3 Å². The number of alkyl halides is 1. The molecule has 0 bridgehead atoms. The van der Waals surface area contributed by atoms with E-state index in [0.29, 0.717) is 24.7 Å². The van der Waals surface area contributed by atoms with E-state index in [9.17, 15) is 4.79 Å². The molecule has 0 N–H and O–H groups in total. The van der Waals surface area contributed by atoms with Gasteiger partial charge in [0.1, 0.15) is 0 Å². The Balaban J connectivity index is 2.60. The second-order valence-corrected chi connectivity index (χ2v) is 4.67. The molecule has 2 nitrogen and oxygen atoms in total. The van der Waals surface area contributed by atoms with E-state index in [4.69, 9.17) is 11.6 Å². The molecule has 0 aliphatic rings. The maximum absolute atomic E-state index is 11.8. The number of nitrogens with zero attached hydrogens (tertiary/aromatic N) is 1. The lowest BCUT2D eigenvalue weighted by atomic mass is 10.2. The average Bonchev–Trinajstić information content (AvgIpc) is 2.30. The van der Waals surface area contributed by atoms with Gasteiger partial charge in [0.15, 0.2) is 0 Å². The van der Waals surface area contributed by atoms with Crippen LogP contribution in [0.1, 0.15) is 5.56 Å². The van der Waals surface area contributed by atoms with Crippen LogP contribution >= 0.6 is 23.4 Å². The summed E-state index contributed by atoms with van der Waals surface area (Å²) in [4.78, 5) is 13.6. The third-order valence-electron chi connectivity index (χ3n) is 2.19. The largest absolute Gasteiger partial charge is 0.336 e. The van der Waals surface area contributed by atoms with Gasteiger partial charge in [-0.05, 0) is 11.8 Å². The van der Waals surface area contributed by atoms with Crippen LogP contribution in [0.25, 0.3) is 0 Å². The van der Waals surface area contributed by atoms with Crippen molar-refractivity contribution in [1.29, 1.82) is 0 Å². The fourth-order valence-corrected chi connectivity index (χ4v) is 2.05. The monoisotopic (exact) mass is 257 g/mol. The Morgan fingerprint density at radius 2 is 2.06 bits per heavy atom. The SMILES string of the molecule is CSCC(=O)N(CCCl)Cc1ccccc1. The maximum Gasteiger partial charge on any atom is 0.232 e. The van der Waals surface area contributed by atoms with Gasteiger partial charge in [-0.15, -0.1) is 11.6 Å². The minimum Gasteiger partial charge on any atom is -0.336 e. The van der Waals surface area contributed by atoms with Crippen molar-refractivity contribution in [2.24, 2.45) is 0 Å². The van der Waals surface area contributed by atoms with E-state index in [0.717, 1.165) is 5.56 Å². The second kappa shape index (κ2) is 7.58. The molecule has 1 aromatic rings. The van der Waals surface area contributed by atoms with Gasteiger partial charge in [-0.2, -0.15) is 11.8 Å². The summed E-state index contributed by atoms with van der Waals surface area (Å²) in [5.41, 5.74) is 1.14. The van der Waals surface area contributed by atoms with Gasteiger partial charge in [-0.25, -0.2) is 0 Å². The Bertz CT molecular complexity index is 318. The molecule has 0 fully saturated rings. The van der Waals surface area contributed by atoms with E-state index in [1.54, 1.807) is 16.7 Å². The zero-order valence-corrected chi connectivity index (χ0v) is 10.9. The quantitative estimate of drug-likeness (QED) is 0.731. The summed E-state index contributed by atoms with van der Waals surface area (Å²) in [6.45, 7) is 1.25. The standard InChI is InChI=1S/C12H16ClNOS/c1-16-10-12(15)14(8-7-13)9-11-5-3-2-4-6-11/h2-6H,7-10H2,1H3. The van der Waals surface area contributed by atoms with Gasteiger partial charge in [0.2, 0.25) is 5.91 Å². The lowest BCUT2D eigenvalue weighted by Crippen LogP contribution is -2.33. The van der Waals surface area contributed by atoms with Crippen LogP contribution in [0.5, 0.6) is 0 Å². The maximum atomic E-state index is 11.8. The van der Waals surface area contributed by atoms with E-state index in [1.165, 1.54) is 0 Å². The first-order chi connectivity index (χ1) is 7.77. The highest BCUT2D eigenvalue weighted by Crippen LogP contribution is 2.07. The Morgan fingerprint density at radius 1 is 1.38 bits per heavy atom. The highest BCUT2D eigenvalue weighted by atomic mass is 35.5. The Morgan fingerprint density at radius 3 is 2.62 bits per heavy atom. The first-order valence-electron chi connectivity index (χ1n) is 5.14. The normalized spacial score (nSPS) is 10.1. The van der Waals surface area contributed by atoms with Gasteiger partial charge in [-0.1, -0.05) is 30.3 Å². The van der Waals surface area contributed by atoms with E-state index >= 15 is 0 Å². The van der Waals surface area contributed by atoms with Crippen LogP contribution in [-0.4, -0.2) is 35.2 Å². The molecule has 0 heterocycles. The lowest BCUT2D eigenvalue weighted by molar-refractivity contribution is -0.128. The van der Waals surface area contributed by atoms with Crippen LogP contribution in [0, 0.1) is 0 Å². The average molecular weight is 258 g/mol. The summed E-state index contributed by atoms with van der Waals surface area (Å²) in [6, 6.07) is 9.97. The number of rotatable bonds is 6. The van der Waals surface area contributed by atoms with Gasteiger partial charge in [0.05, 0.1) is 5.75 Å². The summed E-state index contributed by atoms with van der Waals surface area (Å²) in [6.07, 6.45) is 1.93. The molecule has 0 aliphatic heterocycles. The van der Waals surface area contributed by atoms with E-state index in [-0.39, 0.29) is 5.91 Å². The number of thioether (sulfide) groups is 1. The minimum atomic E-state index is 0.150. The molecule has 0 saturated carbocycles. The second-order valence-electron chi connectivity index (χ2n) is 3.42. The molecule has 1 aromatic carbocycles. The summed E-state index contributed by atoms with van der Waals surface area (Å²) in [5.74, 6) is 1.15. The van der Waals surface area contributed by atoms with Crippen LogP contribution in [-0.2, 0) is 11.3 Å². The molecule has 0 spiro atoms. The zero-order valence-electron chi connectivity index (χ0n) is 9.36. The molecular weight excluding hydrogens is 242 g/mol. The number of hydrogen-bond acceptors (Lipinski definition) is 2. The van der Waals surface area contributed by atoms with E-state index < -0.39 is 0 Å². The highest BCUT2D eigenvalue weighted by molar-refractivity contribution is 7.99. The van der Waals surface area contributed by atoms with Gasteiger partial charge < -0.3 is 4.90 Å². The molecule has 0 unspecified atom stereocenters. The van der Waals surface area contributed by atoms with Gasteiger partial charge in [-0.3, -0.25) is 4.79 Å². The van der Waals surface area contributed by atoms with Crippen molar-refractivity contribution in [2.75, 3.05) is 24.4 Å². The molecule has 0 atom stereocenters. The van der Waals surface area contributed by atoms with Crippen molar-refractivity contribution in [1.82, 2.24) is 4.90 Å². The molecule has 0 saturated heterocycles. The Labute approximate surface area is 106 Å². The van der Waals surface area contributed by atoms with Crippen LogP contribution in [0.3, 0.4) is 0 Å². The number of halogens is 1. The minimum absolute atomic E-state index is 0.150. The van der Waals surface area contributed by atoms with Crippen molar-refractivity contribution in [3.05, 3.63) is 35.9 Å². The zero-order chi connectivity index (χ0) is 11.8. The Kier molecular flexibility index (Phi) is 6.34. The predicted octanol–water partition coefficient (Wildman–Crippen LogP) is 2.62. The van der Waals surface area contributed by atoms with Crippen molar-refractivity contribution < 1.29 is 4.79 Å². The molecule has 1 rings (SSSR count). The fraction of sp³-hybridized carbons (Fsp3) is 0.417. The topological polar surface area (TPSA) is 20.3 Å². The fourth-order valence-electron chi connectivity index (χ4n) is 1.41. The first kappa shape index (κ1) is 13.4. The molecule has 1 amide bonds. The molecule has 4 heteroatoms. The number of hydrogen-bond donors (Lipinski definition) is 0. The van der Waals surface area contributed by atoms with Crippen molar-refractivity contribution in [3.8, 4) is 0 Å². The van der Waals surface area contributed by atoms with Crippen LogP contribution in [0.4, 0.5) is 0 Å². The molecule has 88 valence electrons. The third-order valence-corrected chi connectivity index (χ3v) is 2.90. The summed E-state index contributed by atoms with van der Waals surface area (Å²) < 4.78 is 0. The lowest BCUT2D eigenvalue weighted by Gasteiger charge is -2.21. The van der Waals surface area contributed by atoms with Gasteiger partial charge >= 0.3 is 0 Å². The first-order valence-corrected chi connectivity index (χ1v) is 7.07.